The number of rotatable bonds is 11. The van der Waals surface area contributed by atoms with Crippen LogP contribution < -0.4 is 10.6 Å². The molecule has 0 radical (unpaired) electrons. The molecule has 222 valence electrons. The molecule has 0 bridgehead atoms. The topological polar surface area (TPSA) is 140 Å². The predicted octanol–water partition coefficient (Wildman–Crippen LogP) is 5.12. The molecule has 0 aliphatic carbocycles. The minimum absolute atomic E-state index is 0.0772. The predicted molar refractivity (Wildman–Crippen MR) is 160 cm³/mol. The number of esters is 2. The SMILES string of the molecule is [C-]#[N+]c1c(N2CC(OC(=O)[C@@H](CC(=O)OC(C)(C)C)C(C)C)C2)nc(SC(C(N)=O)c2ccccc2)c(C#N)c1CC. The van der Waals surface area contributed by atoms with Crippen LogP contribution in [-0.4, -0.2) is 47.6 Å². The average molecular weight is 592 g/mol. The van der Waals surface area contributed by atoms with E-state index < -0.39 is 40.7 Å². The number of primary amides is 1. The highest BCUT2D eigenvalue weighted by atomic mass is 32.2. The number of nitriles is 1. The van der Waals surface area contributed by atoms with E-state index in [0.717, 1.165) is 11.8 Å². The Morgan fingerprint density at radius 1 is 1.24 bits per heavy atom. The lowest BCUT2D eigenvalue weighted by Crippen LogP contribution is -2.54. The maximum absolute atomic E-state index is 13.0. The summed E-state index contributed by atoms with van der Waals surface area (Å²) in [5, 5.41) is 9.53. The number of hydrogen-bond acceptors (Lipinski definition) is 9. The van der Waals surface area contributed by atoms with Crippen molar-refractivity contribution >= 4 is 41.1 Å². The molecule has 1 aliphatic heterocycles. The molecule has 42 heavy (non-hydrogen) atoms. The number of nitrogens with two attached hydrogens (primary N) is 1. The zero-order valence-corrected chi connectivity index (χ0v) is 25.7. The Balaban J connectivity index is 1.83. The third-order valence-electron chi connectivity index (χ3n) is 6.73. The van der Waals surface area contributed by atoms with E-state index in [9.17, 15) is 19.6 Å². The summed E-state index contributed by atoms with van der Waals surface area (Å²) in [5.74, 6) is -1.94. The van der Waals surface area contributed by atoms with Gasteiger partial charge in [0.1, 0.15) is 33.9 Å². The molecule has 2 heterocycles. The van der Waals surface area contributed by atoms with Crippen molar-refractivity contribution < 1.29 is 23.9 Å². The Bertz CT molecular complexity index is 1400. The Hall–Kier alpha value is -4.09. The van der Waals surface area contributed by atoms with Gasteiger partial charge in [-0.15, -0.1) is 0 Å². The first-order valence-electron chi connectivity index (χ1n) is 13.8. The number of benzene rings is 1. The van der Waals surface area contributed by atoms with Crippen LogP contribution in [0, 0.1) is 29.7 Å². The molecule has 1 amide bonds. The van der Waals surface area contributed by atoms with Crippen LogP contribution in [0.2, 0.25) is 0 Å². The molecule has 0 spiro atoms. The van der Waals surface area contributed by atoms with E-state index in [1.807, 2.05) is 31.7 Å². The number of carbonyl (C=O) groups is 3. The van der Waals surface area contributed by atoms with Crippen molar-refractivity contribution in [2.75, 3.05) is 18.0 Å². The minimum atomic E-state index is -0.787. The van der Waals surface area contributed by atoms with Gasteiger partial charge in [0, 0.05) is 0 Å². The molecule has 2 aromatic rings. The largest absolute Gasteiger partial charge is 0.460 e. The van der Waals surface area contributed by atoms with Gasteiger partial charge in [-0.1, -0.05) is 62.9 Å². The van der Waals surface area contributed by atoms with Gasteiger partial charge in [0.15, 0.2) is 0 Å². The van der Waals surface area contributed by atoms with Crippen LogP contribution in [0.5, 0.6) is 0 Å². The third kappa shape index (κ3) is 7.80. The van der Waals surface area contributed by atoms with Gasteiger partial charge in [0.05, 0.1) is 37.6 Å². The van der Waals surface area contributed by atoms with Gasteiger partial charge in [-0.2, -0.15) is 5.26 Å². The monoisotopic (exact) mass is 591 g/mol. The molecule has 1 unspecified atom stereocenters. The summed E-state index contributed by atoms with van der Waals surface area (Å²) in [6, 6.07) is 11.2. The number of amides is 1. The van der Waals surface area contributed by atoms with E-state index in [2.05, 4.69) is 15.9 Å². The molecule has 11 heteroatoms. The van der Waals surface area contributed by atoms with E-state index in [4.69, 9.17) is 21.8 Å². The van der Waals surface area contributed by atoms with Crippen molar-refractivity contribution in [3.05, 3.63) is 58.4 Å². The highest BCUT2D eigenvalue weighted by molar-refractivity contribution is 8.00. The fourth-order valence-electron chi connectivity index (χ4n) is 4.59. The van der Waals surface area contributed by atoms with Crippen molar-refractivity contribution in [2.45, 2.75) is 76.4 Å². The van der Waals surface area contributed by atoms with Gasteiger partial charge in [-0.05, 0) is 44.2 Å². The number of thioether (sulfide) groups is 1. The van der Waals surface area contributed by atoms with Crippen LogP contribution in [0.3, 0.4) is 0 Å². The maximum Gasteiger partial charge on any atom is 0.310 e. The summed E-state index contributed by atoms with van der Waals surface area (Å²) in [7, 11) is 0. The Kier molecular flexibility index (Phi) is 10.6. The number of carbonyl (C=O) groups excluding carboxylic acids is 3. The summed E-state index contributed by atoms with van der Waals surface area (Å²) in [5.41, 5.74) is 6.79. The first-order valence-corrected chi connectivity index (χ1v) is 14.7. The van der Waals surface area contributed by atoms with Crippen molar-refractivity contribution in [2.24, 2.45) is 17.6 Å². The van der Waals surface area contributed by atoms with Crippen molar-refractivity contribution in [1.29, 1.82) is 5.26 Å². The quantitative estimate of drug-likeness (QED) is 0.214. The molecule has 1 saturated heterocycles. The van der Waals surface area contributed by atoms with Crippen LogP contribution >= 0.6 is 11.8 Å². The minimum Gasteiger partial charge on any atom is -0.460 e. The second kappa shape index (κ2) is 13.7. The Morgan fingerprint density at radius 3 is 2.38 bits per heavy atom. The number of aromatic nitrogens is 1. The smallest absolute Gasteiger partial charge is 0.310 e. The molecular weight excluding hydrogens is 554 g/mol. The van der Waals surface area contributed by atoms with E-state index in [1.165, 1.54) is 0 Å². The molecule has 1 aromatic carbocycles. The lowest BCUT2D eigenvalue weighted by atomic mass is 9.92. The molecule has 2 N–H and O–H groups in total. The summed E-state index contributed by atoms with van der Waals surface area (Å²) < 4.78 is 11.1. The Morgan fingerprint density at radius 2 is 1.88 bits per heavy atom. The number of ether oxygens (including phenoxy) is 2. The van der Waals surface area contributed by atoms with Crippen molar-refractivity contribution in [3.8, 4) is 6.07 Å². The van der Waals surface area contributed by atoms with E-state index in [-0.39, 0.29) is 36.7 Å². The molecule has 3 rings (SSSR count). The van der Waals surface area contributed by atoms with Gasteiger partial charge in [-0.3, -0.25) is 14.4 Å². The average Bonchev–Trinajstić information content (AvgIpc) is 2.90. The number of pyridine rings is 1. The first kappa shape index (κ1) is 32.4. The van der Waals surface area contributed by atoms with Gasteiger partial charge in [-0.25, -0.2) is 9.83 Å². The third-order valence-corrected chi connectivity index (χ3v) is 7.99. The second-order valence-corrected chi connectivity index (χ2v) is 12.5. The molecule has 1 aromatic heterocycles. The molecule has 1 aliphatic rings. The van der Waals surface area contributed by atoms with Gasteiger partial charge >= 0.3 is 11.9 Å². The molecule has 2 atom stereocenters. The fraction of sp³-hybridized carbons (Fsp3) is 0.484. The van der Waals surface area contributed by atoms with E-state index >= 15 is 0 Å². The Labute approximate surface area is 251 Å². The van der Waals surface area contributed by atoms with Crippen LogP contribution in [0.15, 0.2) is 35.4 Å². The maximum atomic E-state index is 13.0. The highest BCUT2D eigenvalue weighted by Crippen LogP contribution is 2.43. The van der Waals surface area contributed by atoms with Crippen LogP contribution in [-0.2, 0) is 30.3 Å². The highest BCUT2D eigenvalue weighted by Gasteiger charge is 2.37. The van der Waals surface area contributed by atoms with Gasteiger partial charge in [0.2, 0.25) is 11.6 Å². The number of hydrogen-bond donors (Lipinski definition) is 1. The standard InChI is InChI=1S/C31H37N5O5S/c1-8-21-23(15-32)29(42-26(27(33)38)19-12-10-9-11-13-19)35-28(25(21)34-7)36-16-20(17-36)40-30(39)22(18(2)3)14-24(37)41-31(4,5)6/h9-13,18,20,22,26H,8,14,16-17H2,1-6H3,(H2,33,38)/t22-,26?/m0/s1. The van der Waals surface area contributed by atoms with Crippen LogP contribution in [0.4, 0.5) is 11.5 Å². The lowest BCUT2D eigenvalue weighted by Gasteiger charge is -2.41. The van der Waals surface area contributed by atoms with Gasteiger partial charge < -0.3 is 20.1 Å². The number of nitrogens with zero attached hydrogens (tertiary/aromatic N) is 4. The van der Waals surface area contributed by atoms with Gasteiger partial charge in [0.25, 0.3) is 0 Å². The molecule has 1 fully saturated rings. The normalized spacial score (nSPS) is 14.7. The molecule has 0 saturated carbocycles. The summed E-state index contributed by atoms with van der Waals surface area (Å²) >= 11 is 1.08. The lowest BCUT2D eigenvalue weighted by molar-refractivity contribution is -0.166. The first-order chi connectivity index (χ1) is 19.8. The molecular formula is C31H37N5O5S. The van der Waals surface area contributed by atoms with E-state index in [0.29, 0.717) is 28.4 Å². The van der Waals surface area contributed by atoms with Crippen molar-refractivity contribution in [1.82, 2.24) is 4.98 Å². The van der Waals surface area contributed by atoms with Crippen LogP contribution in [0.1, 0.15) is 69.9 Å². The van der Waals surface area contributed by atoms with Crippen molar-refractivity contribution in [3.63, 3.8) is 0 Å². The number of anilines is 1. The molecule has 10 nitrogen and oxygen atoms in total. The fourth-order valence-corrected chi connectivity index (χ4v) is 5.65. The summed E-state index contributed by atoms with van der Waals surface area (Å²) in [6.07, 6.45) is -0.132. The zero-order chi connectivity index (χ0) is 31.2. The second-order valence-electron chi connectivity index (χ2n) is 11.4. The summed E-state index contributed by atoms with van der Waals surface area (Å²) in [6.45, 7) is 19.3. The van der Waals surface area contributed by atoms with E-state index in [1.54, 1.807) is 45.0 Å². The van der Waals surface area contributed by atoms with Crippen LogP contribution in [0.25, 0.3) is 4.85 Å². The zero-order valence-electron chi connectivity index (χ0n) is 24.8. The summed E-state index contributed by atoms with van der Waals surface area (Å²) in [4.78, 5) is 48.0.